The molecule has 1 aromatic heterocycles. The molecule has 0 amide bonds. The Morgan fingerprint density at radius 3 is 2.56 bits per heavy atom. The maximum atomic E-state index is 15.3. The Morgan fingerprint density at radius 1 is 1.05 bits per heavy atom. The van der Waals surface area contributed by atoms with Gasteiger partial charge < -0.3 is 26.2 Å². The van der Waals surface area contributed by atoms with E-state index >= 15 is 4.39 Å². The molecule has 208 valence electrons. The number of hydrogen-bond acceptors (Lipinski definition) is 7. The molecule has 7 nitrogen and oxygen atoms in total. The molecule has 1 saturated carbocycles. The summed E-state index contributed by atoms with van der Waals surface area (Å²) in [5.41, 5.74) is 10.8. The van der Waals surface area contributed by atoms with E-state index < -0.39 is 0 Å². The number of nitrogens with one attached hydrogen (secondary N) is 2. The Balaban J connectivity index is 1.49. The summed E-state index contributed by atoms with van der Waals surface area (Å²) in [5, 5.41) is 7.41. The van der Waals surface area contributed by atoms with E-state index in [-0.39, 0.29) is 22.7 Å². The first-order valence-corrected chi connectivity index (χ1v) is 14.5. The van der Waals surface area contributed by atoms with Crippen LogP contribution in [0.4, 0.5) is 27.3 Å². The minimum absolute atomic E-state index is 0.192. The summed E-state index contributed by atoms with van der Waals surface area (Å²) >= 11 is 6.18. The Morgan fingerprint density at radius 2 is 1.82 bits per heavy atom. The van der Waals surface area contributed by atoms with Crippen LogP contribution in [0.2, 0.25) is 5.15 Å². The monoisotopic (exact) mass is 551 g/mol. The average molecular weight is 552 g/mol. The lowest BCUT2D eigenvalue weighted by molar-refractivity contribution is 0.313. The summed E-state index contributed by atoms with van der Waals surface area (Å²) in [6.07, 6.45) is 8.63. The van der Waals surface area contributed by atoms with E-state index in [9.17, 15) is 0 Å². The predicted molar refractivity (Wildman–Crippen MR) is 159 cm³/mol. The molecule has 1 atom stereocenters. The molecule has 9 heteroatoms. The van der Waals surface area contributed by atoms with Crippen molar-refractivity contribution in [3.05, 3.63) is 59.3 Å². The van der Waals surface area contributed by atoms with Crippen LogP contribution in [0.3, 0.4) is 0 Å². The van der Waals surface area contributed by atoms with Gasteiger partial charge in [0.1, 0.15) is 17.8 Å². The summed E-state index contributed by atoms with van der Waals surface area (Å²) in [6.45, 7) is 5.89. The third-order valence-corrected chi connectivity index (χ3v) is 8.38. The molecule has 0 unspecified atom stereocenters. The van der Waals surface area contributed by atoms with E-state index in [0.717, 1.165) is 55.1 Å². The van der Waals surface area contributed by atoms with E-state index in [0.29, 0.717) is 17.4 Å². The zero-order valence-corrected chi connectivity index (χ0v) is 23.6. The van der Waals surface area contributed by atoms with E-state index in [4.69, 9.17) is 17.3 Å². The number of halogens is 2. The number of nitrogen functional groups attached to an aromatic ring is 1. The van der Waals surface area contributed by atoms with Crippen molar-refractivity contribution >= 4 is 34.5 Å². The second-order valence-electron chi connectivity index (χ2n) is 10.8. The Bertz CT molecular complexity index is 1270. The van der Waals surface area contributed by atoms with Gasteiger partial charge >= 0.3 is 0 Å². The van der Waals surface area contributed by atoms with Crippen LogP contribution in [0, 0.1) is 5.82 Å². The van der Waals surface area contributed by atoms with E-state index in [1.807, 2.05) is 24.3 Å². The first-order valence-electron chi connectivity index (χ1n) is 14.1. The molecule has 1 aliphatic carbocycles. The summed E-state index contributed by atoms with van der Waals surface area (Å²) in [5.74, 6) is 0.189. The summed E-state index contributed by atoms with van der Waals surface area (Å²) < 4.78 is 15.3. The number of nitrogens with two attached hydrogens (primary N) is 1. The highest BCUT2D eigenvalue weighted by Gasteiger charge is 2.22. The van der Waals surface area contributed by atoms with Crippen molar-refractivity contribution in [2.75, 3.05) is 49.2 Å². The molecular formula is C30H39ClFN7. The van der Waals surface area contributed by atoms with Crippen LogP contribution in [0.5, 0.6) is 0 Å². The molecule has 3 aromatic rings. The smallest absolute Gasteiger partial charge is 0.158 e. The fourth-order valence-corrected chi connectivity index (χ4v) is 5.85. The molecule has 2 fully saturated rings. The van der Waals surface area contributed by atoms with Crippen molar-refractivity contribution in [2.45, 2.75) is 57.5 Å². The maximum absolute atomic E-state index is 15.3. The van der Waals surface area contributed by atoms with Crippen LogP contribution in [0.25, 0.3) is 11.1 Å². The summed E-state index contributed by atoms with van der Waals surface area (Å²) in [7, 11) is 2.13. The number of anilines is 4. The van der Waals surface area contributed by atoms with Crippen LogP contribution < -0.4 is 21.3 Å². The molecule has 39 heavy (non-hydrogen) atoms. The molecule has 5 rings (SSSR count). The highest BCUT2D eigenvalue weighted by Crippen LogP contribution is 2.37. The number of likely N-dealkylation sites (N-methyl/N-ethyl adjacent to an activating group) is 1. The van der Waals surface area contributed by atoms with Crippen molar-refractivity contribution in [1.82, 2.24) is 20.2 Å². The van der Waals surface area contributed by atoms with Gasteiger partial charge in [0.15, 0.2) is 11.0 Å². The average Bonchev–Trinajstić information content (AvgIpc) is 2.96. The molecule has 1 aliphatic heterocycles. The van der Waals surface area contributed by atoms with Crippen LogP contribution in [0.1, 0.15) is 57.1 Å². The number of hydrogen-bond donors (Lipinski definition) is 3. The molecule has 2 aromatic carbocycles. The third-order valence-electron chi connectivity index (χ3n) is 8.08. The number of benzene rings is 2. The van der Waals surface area contributed by atoms with Gasteiger partial charge in [-0.25, -0.2) is 14.4 Å². The lowest BCUT2D eigenvalue weighted by atomic mass is 9.92. The van der Waals surface area contributed by atoms with Gasteiger partial charge in [0.05, 0.1) is 11.4 Å². The lowest BCUT2D eigenvalue weighted by Gasteiger charge is -2.35. The van der Waals surface area contributed by atoms with Crippen molar-refractivity contribution in [3.63, 3.8) is 0 Å². The van der Waals surface area contributed by atoms with Crippen LogP contribution in [0.15, 0.2) is 42.7 Å². The van der Waals surface area contributed by atoms with Crippen LogP contribution in [-0.2, 0) is 0 Å². The first-order chi connectivity index (χ1) is 18.9. The second-order valence-corrected chi connectivity index (χ2v) is 11.1. The number of nitrogens with zero attached hydrogens (tertiary/aromatic N) is 4. The number of rotatable bonds is 8. The molecular weight excluding hydrogens is 513 g/mol. The van der Waals surface area contributed by atoms with Gasteiger partial charge in [-0.1, -0.05) is 49.9 Å². The minimum Gasteiger partial charge on any atom is -0.393 e. The molecule has 1 saturated heterocycles. The van der Waals surface area contributed by atoms with Crippen LogP contribution >= 0.6 is 11.6 Å². The van der Waals surface area contributed by atoms with Gasteiger partial charge in [-0.15, -0.1) is 0 Å². The van der Waals surface area contributed by atoms with Gasteiger partial charge in [-0.3, -0.25) is 0 Å². The fourth-order valence-electron chi connectivity index (χ4n) is 5.71. The topological polar surface area (TPSA) is 82.3 Å². The summed E-state index contributed by atoms with van der Waals surface area (Å²) in [6, 6.07) is 12.3. The zero-order chi connectivity index (χ0) is 27.4. The van der Waals surface area contributed by atoms with Gasteiger partial charge in [0.2, 0.25) is 0 Å². The number of aromatic nitrogens is 2. The minimum atomic E-state index is -0.242. The second kappa shape index (κ2) is 12.5. The number of piperazine rings is 1. The van der Waals surface area contributed by atoms with E-state index in [2.05, 4.69) is 50.4 Å². The van der Waals surface area contributed by atoms with Crippen molar-refractivity contribution in [2.24, 2.45) is 0 Å². The Labute approximate surface area is 236 Å². The molecule has 0 bridgehead atoms. The van der Waals surface area contributed by atoms with Gasteiger partial charge in [-0.2, -0.15) is 0 Å². The van der Waals surface area contributed by atoms with Crippen molar-refractivity contribution in [3.8, 4) is 11.1 Å². The highest BCUT2D eigenvalue weighted by atomic mass is 35.5. The molecule has 0 radical (unpaired) electrons. The largest absolute Gasteiger partial charge is 0.393 e. The Kier molecular flexibility index (Phi) is 8.85. The maximum Gasteiger partial charge on any atom is 0.158 e. The first kappa shape index (κ1) is 27.6. The SMILES string of the molecule is CC[C@H](NC1CCCCC1)c1ccc(F)c(-c2ccc(N3CCN(C)CC3)c(Nc3ncnc(Cl)c3N)c2)c1. The van der Waals surface area contributed by atoms with E-state index in [1.165, 1.54) is 38.4 Å². The van der Waals surface area contributed by atoms with E-state index in [1.54, 1.807) is 6.07 Å². The fraction of sp³-hybridized carbons (Fsp3) is 0.467. The van der Waals surface area contributed by atoms with Crippen molar-refractivity contribution in [1.29, 1.82) is 0 Å². The normalized spacial score (nSPS) is 17.8. The molecule has 0 spiro atoms. The molecule has 4 N–H and O–H groups in total. The van der Waals surface area contributed by atoms with Gasteiger partial charge in [-0.05, 0) is 61.7 Å². The standard InChI is InChI=1S/C30H39ClFN7/c1-3-25(36-22-7-5-4-6-8-22)21-9-11-24(32)23(17-21)20-10-12-27(39-15-13-38(2)14-16-39)26(18-20)37-30-28(33)29(31)34-19-35-30/h9-12,17-19,22,25,36H,3-8,13-16,33H2,1-2H3,(H,34,35,37)/t25-/m0/s1. The Hall–Kier alpha value is -2.94. The van der Waals surface area contributed by atoms with Gasteiger partial charge in [0, 0.05) is 43.8 Å². The zero-order valence-electron chi connectivity index (χ0n) is 22.9. The lowest BCUT2D eigenvalue weighted by Crippen LogP contribution is -2.44. The quantitative estimate of drug-likeness (QED) is 0.280. The highest BCUT2D eigenvalue weighted by molar-refractivity contribution is 6.32. The molecule has 2 aliphatic rings. The van der Waals surface area contributed by atoms with Crippen molar-refractivity contribution < 1.29 is 4.39 Å². The van der Waals surface area contributed by atoms with Gasteiger partial charge in [0.25, 0.3) is 0 Å². The molecule has 2 heterocycles. The van der Waals surface area contributed by atoms with Crippen LogP contribution in [-0.4, -0.2) is 54.1 Å². The third kappa shape index (κ3) is 6.45. The summed E-state index contributed by atoms with van der Waals surface area (Å²) in [4.78, 5) is 12.9. The predicted octanol–water partition coefficient (Wildman–Crippen LogP) is 6.39.